The lowest BCUT2D eigenvalue weighted by atomic mass is 10.2. The van der Waals surface area contributed by atoms with Gasteiger partial charge in [0.1, 0.15) is 6.54 Å². The third-order valence-corrected chi connectivity index (χ3v) is 1.87. The van der Waals surface area contributed by atoms with Gasteiger partial charge in [0.25, 0.3) is 0 Å². The van der Waals surface area contributed by atoms with Gasteiger partial charge in [-0.25, -0.2) is 4.79 Å². The highest BCUT2D eigenvalue weighted by Gasteiger charge is 2.15. The molecule has 0 radical (unpaired) electrons. The number of carbonyl (C=O) groups excluding carboxylic acids is 1. The Hall–Kier alpha value is -2.04. The van der Waals surface area contributed by atoms with E-state index in [4.69, 9.17) is 10.8 Å². The number of nitrogens with zero attached hydrogens (tertiary/aromatic N) is 1. The van der Waals surface area contributed by atoms with Crippen LogP contribution in [0.3, 0.4) is 0 Å². The number of hydrogen-bond donors (Lipinski definition) is 2. The lowest BCUT2D eigenvalue weighted by molar-refractivity contribution is -0.135. The van der Waals surface area contributed by atoms with Gasteiger partial charge in [0, 0.05) is 5.69 Å². The molecule has 0 aliphatic carbocycles. The van der Waals surface area contributed by atoms with E-state index in [-0.39, 0.29) is 0 Å². The molecule has 0 fully saturated rings. The molecule has 1 aromatic rings. The molecule has 0 unspecified atom stereocenters. The number of carboxylic acids is 1. The second kappa shape index (κ2) is 4.45. The van der Waals surface area contributed by atoms with Crippen molar-refractivity contribution in [3.05, 3.63) is 29.8 Å². The summed E-state index contributed by atoms with van der Waals surface area (Å²) in [7, 11) is 0. The Labute approximate surface area is 87.1 Å². The summed E-state index contributed by atoms with van der Waals surface area (Å²) in [6, 6.07) is 6.16. The molecule has 0 saturated carbocycles. The van der Waals surface area contributed by atoms with Crippen LogP contribution in [0.5, 0.6) is 0 Å². The molecule has 0 spiro atoms. The van der Waals surface area contributed by atoms with Gasteiger partial charge < -0.3 is 10.8 Å². The van der Waals surface area contributed by atoms with Gasteiger partial charge in [-0.3, -0.25) is 9.69 Å². The molecule has 1 aromatic carbocycles. The van der Waals surface area contributed by atoms with Gasteiger partial charge >= 0.3 is 12.0 Å². The van der Waals surface area contributed by atoms with Crippen molar-refractivity contribution in [3.8, 4) is 0 Å². The number of nitrogens with two attached hydrogens (primary N) is 1. The van der Waals surface area contributed by atoms with Crippen LogP contribution in [0.15, 0.2) is 24.3 Å². The van der Waals surface area contributed by atoms with Crippen molar-refractivity contribution in [1.29, 1.82) is 0 Å². The average Bonchev–Trinajstić information content (AvgIpc) is 2.13. The van der Waals surface area contributed by atoms with E-state index in [1.807, 2.05) is 13.0 Å². The van der Waals surface area contributed by atoms with E-state index >= 15 is 0 Å². The van der Waals surface area contributed by atoms with Gasteiger partial charge in [-0.05, 0) is 24.6 Å². The summed E-state index contributed by atoms with van der Waals surface area (Å²) in [4.78, 5) is 22.6. The highest BCUT2D eigenvalue weighted by atomic mass is 16.4. The molecule has 0 aromatic heterocycles. The van der Waals surface area contributed by atoms with Crippen molar-refractivity contribution in [1.82, 2.24) is 0 Å². The minimum atomic E-state index is -1.10. The van der Waals surface area contributed by atoms with E-state index in [2.05, 4.69) is 0 Å². The smallest absolute Gasteiger partial charge is 0.323 e. The molecule has 5 nitrogen and oxygen atoms in total. The van der Waals surface area contributed by atoms with Crippen molar-refractivity contribution in [2.75, 3.05) is 11.4 Å². The third-order valence-electron chi connectivity index (χ3n) is 1.87. The first kappa shape index (κ1) is 11.0. The zero-order chi connectivity index (χ0) is 11.4. The number of hydrogen-bond acceptors (Lipinski definition) is 2. The van der Waals surface area contributed by atoms with Gasteiger partial charge in [-0.2, -0.15) is 0 Å². The van der Waals surface area contributed by atoms with Crippen LogP contribution in [0.25, 0.3) is 0 Å². The molecule has 0 heterocycles. The van der Waals surface area contributed by atoms with E-state index in [1.54, 1.807) is 18.2 Å². The lowest BCUT2D eigenvalue weighted by Gasteiger charge is -2.18. The largest absolute Gasteiger partial charge is 0.480 e. The topological polar surface area (TPSA) is 83.6 Å². The zero-order valence-corrected chi connectivity index (χ0v) is 8.30. The summed E-state index contributed by atoms with van der Waals surface area (Å²) in [6.45, 7) is 1.42. The van der Waals surface area contributed by atoms with E-state index in [9.17, 15) is 9.59 Å². The van der Waals surface area contributed by atoms with Crippen LogP contribution in [0, 0.1) is 6.92 Å². The summed E-state index contributed by atoms with van der Waals surface area (Å²) in [5, 5.41) is 8.61. The van der Waals surface area contributed by atoms with Crippen LogP contribution in [0.4, 0.5) is 10.5 Å². The highest BCUT2D eigenvalue weighted by molar-refractivity contribution is 5.95. The van der Waals surface area contributed by atoms with E-state index in [0.717, 1.165) is 10.5 Å². The molecule has 80 valence electrons. The standard InChI is InChI=1S/C10H12N2O3/c1-7-3-2-4-8(5-7)12(10(11)15)6-9(13)14/h2-5H,6H2,1H3,(H2,11,15)(H,13,14). The fourth-order valence-corrected chi connectivity index (χ4v) is 1.23. The van der Waals surface area contributed by atoms with Crippen molar-refractivity contribution in [3.63, 3.8) is 0 Å². The predicted octanol–water partition coefficient (Wildman–Crippen LogP) is 0.965. The summed E-state index contributed by atoms with van der Waals surface area (Å²) < 4.78 is 0. The number of primary amides is 1. The Kier molecular flexibility index (Phi) is 3.28. The molecule has 0 aliphatic rings. The molecule has 0 atom stereocenters. The van der Waals surface area contributed by atoms with Crippen LogP contribution in [-0.4, -0.2) is 23.7 Å². The van der Waals surface area contributed by atoms with Crippen LogP contribution < -0.4 is 10.6 Å². The van der Waals surface area contributed by atoms with Crippen molar-refractivity contribution >= 4 is 17.7 Å². The zero-order valence-electron chi connectivity index (χ0n) is 8.30. The molecule has 2 amide bonds. The first-order valence-corrected chi connectivity index (χ1v) is 4.36. The minimum absolute atomic E-state index is 0.432. The van der Waals surface area contributed by atoms with Crippen LogP contribution in [0.2, 0.25) is 0 Å². The van der Waals surface area contributed by atoms with E-state index in [1.165, 1.54) is 0 Å². The normalized spacial score (nSPS) is 9.67. The van der Waals surface area contributed by atoms with Crippen molar-refractivity contribution < 1.29 is 14.7 Å². The molecular weight excluding hydrogens is 196 g/mol. The molecule has 0 aliphatic heterocycles. The Morgan fingerprint density at radius 3 is 2.60 bits per heavy atom. The maximum Gasteiger partial charge on any atom is 0.323 e. The SMILES string of the molecule is Cc1cccc(N(CC(=O)O)C(N)=O)c1. The number of urea groups is 1. The second-order valence-corrected chi connectivity index (χ2v) is 3.16. The Balaban J connectivity index is 2.98. The Bertz CT molecular complexity index is 390. The quantitative estimate of drug-likeness (QED) is 0.776. The number of anilines is 1. The highest BCUT2D eigenvalue weighted by Crippen LogP contribution is 2.15. The van der Waals surface area contributed by atoms with Crippen molar-refractivity contribution in [2.45, 2.75) is 6.92 Å². The first-order valence-electron chi connectivity index (χ1n) is 4.36. The van der Waals surface area contributed by atoms with Gasteiger partial charge in [0.15, 0.2) is 0 Å². The Morgan fingerprint density at radius 2 is 2.13 bits per heavy atom. The van der Waals surface area contributed by atoms with Gasteiger partial charge in [0.05, 0.1) is 0 Å². The summed E-state index contributed by atoms with van der Waals surface area (Å²) >= 11 is 0. The number of aryl methyl sites for hydroxylation is 1. The number of rotatable bonds is 3. The number of aliphatic carboxylic acids is 1. The Morgan fingerprint density at radius 1 is 1.47 bits per heavy atom. The number of benzene rings is 1. The summed E-state index contributed by atoms with van der Waals surface area (Å²) in [5.41, 5.74) is 6.52. The lowest BCUT2D eigenvalue weighted by Crippen LogP contribution is -2.39. The number of carboxylic acid groups (broad SMARTS) is 1. The van der Waals surface area contributed by atoms with Gasteiger partial charge in [-0.15, -0.1) is 0 Å². The predicted molar refractivity (Wildman–Crippen MR) is 55.7 cm³/mol. The fraction of sp³-hybridized carbons (Fsp3) is 0.200. The fourth-order valence-electron chi connectivity index (χ4n) is 1.23. The van der Waals surface area contributed by atoms with Gasteiger partial charge in [0.2, 0.25) is 0 Å². The number of carbonyl (C=O) groups is 2. The second-order valence-electron chi connectivity index (χ2n) is 3.16. The molecule has 15 heavy (non-hydrogen) atoms. The van der Waals surface area contributed by atoms with Crippen LogP contribution in [0.1, 0.15) is 5.56 Å². The molecule has 0 saturated heterocycles. The first-order chi connectivity index (χ1) is 7.00. The minimum Gasteiger partial charge on any atom is -0.480 e. The molecule has 5 heteroatoms. The van der Waals surface area contributed by atoms with Crippen molar-refractivity contribution in [2.24, 2.45) is 5.73 Å². The van der Waals surface area contributed by atoms with Crippen LogP contribution in [-0.2, 0) is 4.79 Å². The summed E-state index contributed by atoms with van der Waals surface area (Å²) in [5.74, 6) is -1.10. The average molecular weight is 208 g/mol. The van der Waals surface area contributed by atoms with Crippen LogP contribution >= 0.6 is 0 Å². The monoisotopic (exact) mass is 208 g/mol. The van der Waals surface area contributed by atoms with E-state index in [0.29, 0.717) is 5.69 Å². The molecule has 1 rings (SSSR count). The number of amides is 2. The molecular formula is C10H12N2O3. The van der Waals surface area contributed by atoms with Gasteiger partial charge in [-0.1, -0.05) is 12.1 Å². The summed E-state index contributed by atoms with van der Waals surface area (Å²) in [6.07, 6.45) is 0. The maximum absolute atomic E-state index is 11.0. The van der Waals surface area contributed by atoms with E-state index < -0.39 is 18.5 Å². The molecule has 3 N–H and O–H groups in total. The molecule has 0 bridgehead atoms. The maximum atomic E-state index is 11.0. The third kappa shape index (κ3) is 2.98.